The van der Waals surface area contributed by atoms with Crippen LogP contribution in [0.25, 0.3) is 0 Å². The monoisotopic (exact) mass is 178 g/mol. The summed E-state index contributed by atoms with van der Waals surface area (Å²) in [4.78, 5) is 0. The topological polar surface area (TPSA) is 24.1 Å². The lowest BCUT2D eigenvalue weighted by atomic mass is 10.1. The summed E-state index contributed by atoms with van der Waals surface area (Å²) in [6.45, 7) is 8.28. The van der Waals surface area contributed by atoms with Crippen LogP contribution in [0.4, 0.5) is 0 Å². The van der Waals surface area contributed by atoms with E-state index in [1.807, 2.05) is 13.0 Å². The lowest BCUT2D eigenvalue weighted by Crippen LogP contribution is -2.36. The van der Waals surface area contributed by atoms with Gasteiger partial charge < -0.3 is 10.6 Å². The van der Waals surface area contributed by atoms with E-state index in [1.165, 1.54) is 17.0 Å². The fourth-order valence-electron chi connectivity index (χ4n) is 1.35. The third-order valence-corrected chi connectivity index (χ3v) is 1.97. The summed E-state index contributed by atoms with van der Waals surface area (Å²) in [5, 5.41) is 6.77. The van der Waals surface area contributed by atoms with Crippen LogP contribution in [-0.4, -0.2) is 13.1 Å². The summed E-state index contributed by atoms with van der Waals surface area (Å²) in [5.41, 5.74) is 3.76. The highest BCUT2D eigenvalue weighted by atomic mass is 15.0. The SMILES string of the molecule is C/C=C\C=C1\NCCNC1=C(C)C. The summed E-state index contributed by atoms with van der Waals surface area (Å²) in [6.07, 6.45) is 6.19. The fourth-order valence-corrected chi connectivity index (χ4v) is 1.35. The molecule has 1 heterocycles. The van der Waals surface area contributed by atoms with Crippen molar-refractivity contribution in [2.24, 2.45) is 0 Å². The molecule has 0 amide bonds. The Bertz CT molecular complexity index is 255. The van der Waals surface area contributed by atoms with Crippen molar-refractivity contribution in [2.45, 2.75) is 20.8 Å². The van der Waals surface area contributed by atoms with E-state index in [2.05, 4.69) is 36.6 Å². The van der Waals surface area contributed by atoms with E-state index in [1.54, 1.807) is 0 Å². The molecule has 1 aliphatic rings. The highest BCUT2D eigenvalue weighted by Gasteiger charge is 2.09. The fraction of sp³-hybridized carbons (Fsp3) is 0.455. The molecule has 0 aromatic heterocycles. The Kier molecular flexibility index (Phi) is 3.62. The number of piperazine rings is 1. The van der Waals surface area contributed by atoms with Crippen molar-refractivity contribution in [1.29, 1.82) is 0 Å². The molecule has 0 saturated carbocycles. The highest BCUT2D eigenvalue weighted by Crippen LogP contribution is 2.11. The van der Waals surface area contributed by atoms with Gasteiger partial charge in [0, 0.05) is 13.1 Å². The smallest absolute Gasteiger partial charge is 0.0575 e. The second-order valence-electron chi connectivity index (χ2n) is 3.33. The molecule has 13 heavy (non-hydrogen) atoms. The Morgan fingerprint density at radius 2 is 1.92 bits per heavy atom. The van der Waals surface area contributed by atoms with Crippen molar-refractivity contribution in [3.8, 4) is 0 Å². The standard InChI is InChI=1S/C11H18N2/c1-4-5-6-10-11(9(2)3)13-8-7-12-10/h4-6,12-13H,7-8H2,1-3H3/b5-4-,10-6+. The van der Waals surface area contributed by atoms with Gasteiger partial charge >= 0.3 is 0 Å². The number of hydrogen-bond acceptors (Lipinski definition) is 2. The second-order valence-corrected chi connectivity index (χ2v) is 3.33. The molecular formula is C11H18N2. The summed E-state index contributed by atoms with van der Waals surface area (Å²) in [6, 6.07) is 0. The van der Waals surface area contributed by atoms with Gasteiger partial charge in [-0.15, -0.1) is 0 Å². The molecule has 0 aliphatic carbocycles. The largest absolute Gasteiger partial charge is 0.382 e. The first-order chi connectivity index (χ1) is 6.25. The van der Waals surface area contributed by atoms with Crippen molar-refractivity contribution < 1.29 is 0 Å². The zero-order valence-corrected chi connectivity index (χ0v) is 8.65. The van der Waals surface area contributed by atoms with Crippen LogP contribution in [0.2, 0.25) is 0 Å². The molecule has 2 N–H and O–H groups in total. The molecule has 0 aromatic rings. The predicted molar refractivity (Wildman–Crippen MR) is 57.3 cm³/mol. The Labute approximate surface area is 80.4 Å². The zero-order chi connectivity index (χ0) is 9.68. The number of hydrogen-bond donors (Lipinski definition) is 2. The molecule has 0 bridgehead atoms. The normalized spacial score (nSPS) is 20.2. The summed E-state index contributed by atoms with van der Waals surface area (Å²) >= 11 is 0. The highest BCUT2D eigenvalue weighted by molar-refractivity contribution is 5.35. The van der Waals surface area contributed by atoms with Crippen LogP contribution < -0.4 is 10.6 Å². The van der Waals surface area contributed by atoms with Crippen LogP contribution in [0.1, 0.15) is 20.8 Å². The molecule has 0 radical (unpaired) electrons. The van der Waals surface area contributed by atoms with E-state index in [9.17, 15) is 0 Å². The molecule has 1 aliphatic heterocycles. The maximum atomic E-state index is 3.39. The Balaban J connectivity index is 2.86. The van der Waals surface area contributed by atoms with Crippen molar-refractivity contribution in [3.05, 3.63) is 35.2 Å². The number of nitrogens with one attached hydrogen (secondary N) is 2. The van der Waals surface area contributed by atoms with E-state index in [4.69, 9.17) is 0 Å². The molecule has 2 nitrogen and oxygen atoms in total. The minimum Gasteiger partial charge on any atom is -0.382 e. The predicted octanol–water partition coefficient (Wildman–Crippen LogP) is 1.93. The average molecular weight is 178 g/mol. The van der Waals surface area contributed by atoms with Gasteiger partial charge in [-0.1, -0.05) is 17.7 Å². The van der Waals surface area contributed by atoms with E-state index < -0.39 is 0 Å². The molecule has 72 valence electrons. The summed E-state index contributed by atoms with van der Waals surface area (Å²) in [7, 11) is 0. The number of rotatable bonds is 1. The maximum Gasteiger partial charge on any atom is 0.0575 e. The van der Waals surface area contributed by atoms with Gasteiger partial charge in [-0.25, -0.2) is 0 Å². The molecule has 0 unspecified atom stereocenters. The third kappa shape index (κ3) is 2.65. The molecule has 0 aromatic carbocycles. The first kappa shape index (κ1) is 9.90. The lowest BCUT2D eigenvalue weighted by Gasteiger charge is -2.23. The van der Waals surface area contributed by atoms with Gasteiger partial charge in [0.15, 0.2) is 0 Å². The van der Waals surface area contributed by atoms with Crippen LogP contribution in [0.3, 0.4) is 0 Å². The summed E-state index contributed by atoms with van der Waals surface area (Å²) < 4.78 is 0. The van der Waals surface area contributed by atoms with Crippen LogP contribution in [0.5, 0.6) is 0 Å². The van der Waals surface area contributed by atoms with Gasteiger partial charge in [0.25, 0.3) is 0 Å². The minimum absolute atomic E-state index is 1.00. The zero-order valence-electron chi connectivity index (χ0n) is 8.65. The van der Waals surface area contributed by atoms with Crippen molar-refractivity contribution in [3.63, 3.8) is 0 Å². The first-order valence-corrected chi connectivity index (χ1v) is 4.74. The third-order valence-electron chi connectivity index (χ3n) is 1.97. The van der Waals surface area contributed by atoms with E-state index in [-0.39, 0.29) is 0 Å². The average Bonchev–Trinajstić information content (AvgIpc) is 2.15. The Morgan fingerprint density at radius 3 is 2.54 bits per heavy atom. The molecule has 1 saturated heterocycles. The van der Waals surface area contributed by atoms with Gasteiger partial charge in [-0.2, -0.15) is 0 Å². The van der Waals surface area contributed by atoms with Gasteiger partial charge in [0.2, 0.25) is 0 Å². The molecular weight excluding hydrogens is 160 g/mol. The Morgan fingerprint density at radius 1 is 1.23 bits per heavy atom. The number of allylic oxidation sites excluding steroid dienone is 4. The molecule has 0 atom stereocenters. The van der Waals surface area contributed by atoms with Crippen LogP contribution >= 0.6 is 0 Å². The quantitative estimate of drug-likeness (QED) is 0.641. The van der Waals surface area contributed by atoms with Crippen LogP contribution in [0.15, 0.2) is 35.2 Å². The molecule has 1 fully saturated rings. The van der Waals surface area contributed by atoms with E-state index in [0.29, 0.717) is 0 Å². The summed E-state index contributed by atoms with van der Waals surface area (Å²) in [5.74, 6) is 0. The maximum absolute atomic E-state index is 3.39. The Hall–Kier alpha value is -1.18. The van der Waals surface area contributed by atoms with Gasteiger partial charge in [-0.3, -0.25) is 0 Å². The van der Waals surface area contributed by atoms with Gasteiger partial charge in [-0.05, 0) is 26.8 Å². The lowest BCUT2D eigenvalue weighted by molar-refractivity contribution is 0.651. The van der Waals surface area contributed by atoms with Crippen LogP contribution in [0, 0.1) is 0 Å². The molecule has 1 rings (SSSR count). The minimum atomic E-state index is 1.00. The van der Waals surface area contributed by atoms with E-state index in [0.717, 1.165) is 13.1 Å². The van der Waals surface area contributed by atoms with Gasteiger partial charge in [0.05, 0.1) is 11.4 Å². The van der Waals surface area contributed by atoms with E-state index >= 15 is 0 Å². The van der Waals surface area contributed by atoms with Crippen molar-refractivity contribution >= 4 is 0 Å². The molecule has 2 heteroatoms. The van der Waals surface area contributed by atoms with Crippen LogP contribution in [-0.2, 0) is 0 Å². The van der Waals surface area contributed by atoms with Gasteiger partial charge in [0.1, 0.15) is 0 Å². The van der Waals surface area contributed by atoms with Crippen molar-refractivity contribution in [2.75, 3.05) is 13.1 Å². The first-order valence-electron chi connectivity index (χ1n) is 4.74. The molecule has 0 spiro atoms. The second kappa shape index (κ2) is 4.75. The van der Waals surface area contributed by atoms with Crippen molar-refractivity contribution in [1.82, 2.24) is 10.6 Å².